The first kappa shape index (κ1) is 8.31. The molecule has 0 aliphatic heterocycles. The highest BCUT2D eigenvalue weighted by Crippen LogP contribution is 2.12. The van der Waals surface area contributed by atoms with E-state index in [1.807, 2.05) is 6.20 Å². The molecule has 1 rings (SSSR count). The summed E-state index contributed by atoms with van der Waals surface area (Å²) in [5.41, 5.74) is 1.34. The monoisotopic (exact) mass is 152 g/mol. The molecule has 0 amide bonds. The number of aryl methyl sites for hydroxylation is 1. The SMILES string of the molecule is CCCn1nccc1C(C)C. The number of aromatic nitrogens is 2. The molecule has 1 heterocycles. The van der Waals surface area contributed by atoms with Crippen LogP contribution in [0.15, 0.2) is 12.3 Å². The van der Waals surface area contributed by atoms with Gasteiger partial charge in [0.25, 0.3) is 0 Å². The molecular weight excluding hydrogens is 136 g/mol. The van der Waals surface area contributed by atoms with Crippen LogP contribution in [0.5, 0.6) is 0 Å². The van der Waals surface area contributed by atoms with E-state index in [-0.39, 0.29) is 0 Å². The lowest BCUT2D eigenvalue weighted by molar-refractivity contribution is 0.558. The largest absolute Gasteiger partial charge is 0.269 e. The van der Waals surface area contributed by atoms with Crippen molar-refractivity contribution in [3.05, 3.63) is 18.0 Å². The lowest BCUT2D eigenvalue weighted by Gasteiger charge is -2.07. The van der Waals surface area contributed by atoms with E-state index in [9.17, 15) is 0 Å². The van der Waals surface area contributed by atoms with E-state index in [2.05, 4.69) is 36.6 Å². The third-order valence-corrected chi connectivity index (χ3v) is 1.78. The summed E-state index contributed by atoms with van der Waals surface area (Å²) < 4.78 is 2.09. The predicted molar refractivity (Wildman–Crippen MR) is 46.6 cm³/mol. The third-order valence-electron chi connectivity index (χ3n) is 1.78. The molecule has 2 nitrogen and oxygen atoms in total. The Hall–Kier alpha value is -0.790. The number of hydrogen-bond donors (Lipinski definition) is 0. The second-order valence-electron chi connectivity index (χ2n) is 3.13. The van der Waals surface area contributed by atoms with Crippen molar-refractivity contribution in [3.8, 4) is 0 Å². The minimum Gasteiger partial charge on any atom is -0.269 e. The lowest BCUT2D eigenvalue weighted by Crippen LogP contribution is -2.05. The average Bonchev–Trinajstić information content (AvgIpc) is 2.36. The summed E-state index contributed by atoms with van der Waals surface area (Å²) in [5, 5.41) is 4.24. The van der Waals surface area contributed by atoms with Crippen molar-refractivity contribution in [1.82, 2.24) is 9.78 Å². The van der Waals surface area contributed by atoms with Crippen molar-refractivity contribution < 1.29 is 0 Å². The van der Waals surface area contributed by atoms with E-state index in [1.54, 1.807) is 0 Å². The fraction of sp³-hybridized carbons (Fsp3) is 0.667. The van der Waals surface area contributed by atoms with Crippen LogP contribution in [0.2, 0.25) is 0 Å². The van der Waals surface area contributed by atoms with E-state index in [4.69, 9.17) is 0 Å². The van der Waals surface area contributed by atoms with Gasteiger partial charge in [0, 0.05) is 18.4 Å². The van der Waals surface area contributed by atoms with E-state index < -0.39 is 0 Å². The number of hydrogen-bond acceptors (Lipinski definition) is 1. The molecule has 0 unspecified atom stereocenters. The van der Waals surface area contributed by atoms with Gasteiger partial charge in [-0.25, -0.2) is 0 Å². The van der Waals surface area contributed by atoms with Gasteiger partial charge in [-0.05, 0) is 18.4 Å². The molecule has 0 saturated carbocycles. The van der Waals surface area contributed by atoms with Crippen LogP contribution < -0.4 is 0 Å². The highest BCUT2D eigenvalue weighted by molar-refractivity contribution is 5.05. The zero-order valence-corrected chi connectivity index (χ0v) is 7.54. The fourth-order valence-electron chi connectivity index (χ4n) is 1.23. The minimum absolute atomic E-state index is 0.587. The highest BCUT2D eigenvalue weighted by atomic mass is 15.3. The van der Waals surface area contributed by atoms with Gasteiger partial charge in [0.2, 0.25) is 0 Å². The fourth-order valence-corrected chi connectivity index (χ4v) is 1.23. The predicted octanol–water partition coefficient (Wildman–Crippen LogP) is 2.42. The van der Waals surface area contributed by atoms with Gasteiger partial charge in [-0.15, -0.1) is 0 Å². The van der Waals surface area contributed by atoms with Crippen molar-refractivity contribution in [2.75, 3.05) is 0 Å². The maximum atomic E-state index is 4.24. The normalized spacial score (nSPS) is 10.9. The molecule has 0 radical (unpaired) electrons. The Morgan fingerprint density at radius 3 is 2.82 bits per heavy atom. The number of rotatable bonds is 3. The molecule has 0 N–H and O–H groups in total. The topological polar surface area (TPSA) is 17.8 Å². The van der Waals surface area contributed by atoms with Crippen LogP contribution in [0.4, 0.5) is 0 Å². The summed E-state index contributed by atoms with van der Waals surface area (Å²) in [4.78, 5) is 0. The molecule has 0 aromatic carbocycles. The second-order valence-corrected chi connectivity index (χ2v) is 3.13. The van der Waals surface area contributed by atoms with Crippen LogP contribution in [-0.4, -0.2) is 9.78 Å². The molecule has 11 heavy (non-hydrogen) atoms. The van der Waals surface area contributed by atoms with Crippen molar-refractivity contribution in [1.29, 1.82) is 0 Å². The molecule has 62 valence electrons. The van der Waals surface area contributed by atoms with Gasteiger partial charge in [0.15, 0.2) is 0 Å². The molecule has 0 bridgehead atoms. The molecule has 0 fully saturated rings. The Morgan fingerprint density at radius 2 is 2.27 bits per heavy atom. The molecule has 0 saturated heterocycles. The first-order valence-corrected chi connectivity index (χ1v) is 4.27. The summed E-state index contributed by atoms with van der Waals surface area (Å²) >= 11 is 0. The standard InChI is InChI=1S/C9H16N2/c1-4-7-11-9(8(2)3)5-6-10-11/h5-6,8H,4,7H2,1-3H3. The summed E-state index contributed by atoms with van der Waals surface area (Å²) in [6, 6.07) is 2.10. The van der Waals surface area contributed by atoms with Crippen LogP contribution in [0, 0.1) is 0 Å². The van der Waals surface area contributed by atoms with Crippen LogP contribution in [0.3, 0.4) is 0 Å². The third kappa shape index (κ3) is 1.82. The van der Waals surface area contributed by atoms with Crippen LogP contribution in [0.1, 0.15) is 38.8 Å². The summed E-state index contributed by atoms with van der Waals surface area (Å²) in [7, 11) is 0. The van der Waals surface area contributed by atoms with Crippen LogP contribution in [0.25, 0.3) is 0 Å². The Bertz CT molecular complexity index is 213. The molecule has 0 spiro atoms. The Morgan fingerprint density at radius 1 is 1.55 bits per heavy atom. The van der Waals surface area contributed by atoms with E-state index >= 15 is 0 Å². The van der Waals surface area contributed by atoms with Crippen molar-refractivity contribution in [2.24, 2.45) is 0 Å². The van der Waals surface area contributed by atoms with E-state index in [0.717, 1.165) is 13.0 Å². The van der Waals surface area contributed by atoms with Crippen molar-refractivity contribution >= 4 is 0 Å². The molecule has 0 atom stereocenters. The second kappa shape index (κ2) is 3.56. The Kier molecular flexibility index (Phi) is 2.69. The van der Waals surface area contributed by atoms with Crippen molar-refractivity contribution in [3.63, 3.8) is 0 Å². The zero-order valence-electron chi connectivity index (χ0n) is 7.54. The zero-order chi connectivity index (χ0) is 8.27. The van der Waals surface area contributed by atoms with Gasteiger partial charge in [0.1, 0.15) is 0 Å². The lowest BCUT2D eigenvalue weighted by atomic mass is 10.1. The minimum atomic E-state index is 0.587. The molecule has 2 heteroatoms. The van der Waals surface area contributed by atoms with Gasteiger partial charge in [0.05, 0.1) is 0 Å². The van der Waals surface area contributed by atoms with E-state index in [1.165, 1.54) is 5.69 Å². The number of nitrogens with zero attached hydrogens (tertiary/aromatic N) is 2. The molecule has 0 aliphatic carbocycles. The van der Waals surface area contributed by atoms with Gasteiger partial charge in [-0.1, -0.05) is 20.8 Å². The Labute approximate surface area is 68.2 Å². The quantitative estimate of drug-likeness (QED) is 0.650. The van der Waals surface area contributed by atoms with E-state index in [0.29, 0.717) is 5.92 Å². The maximum Gasteiger partial charge on any atom is 0.0492 e. The first-order valence-electron chi connectivity index (χ1n) is 4.27. The molecule has 1 aromatic rings. The average molecular weight is 152 g/mol. The smallest absolute Gasteiger partial charge is 0.0492 e. The molecule has 0 aliphatic rings. The van der Waals surface area contributed by atoms with Gasteiger partial charge in [-0.3, -0.25) is 4.68 Å². The maximum absolute atomic E-state index is 4.24. The van der Waals surface area contributed by atoms with Gasteiger partial charge >= 0.3 is 0 Å². The van der Waals surface area contributed by atoms with Gasteiger partial charge < -0.3 is 0 Å². The summed E-state index contributed by atoms with van der Waals surface area (Å²) in [6.45, 7) is 7.61. The van der Waals surface area contributed by atoms with Crippen molar-refractivity contribution in [2.45, 2.75) is 39.7 Å². The summed E-state index contributed by atoms with van der Waals surface area (Å²) in [5.74, 6) is 0.587. The Balaban J connectivity index is 2.78. The first-order chi connectivity index (χ1) is 5.25. The van der Waals surface area contributed by atoms with Gasteiger partial charge in [-0.2, -0.15) is 5.10 Å². The van der Waals surface area contributed by atoms with Crippen LogP contribution >= 0.6 is 0 Å². The molecular formula is C9H16N2. The highest BCUT2D eigenvalue weighted by Gasteiger charge is 2.04. The molecule has 1 aromatic heterocycles. The summed E-state index contributed by atoms with van der Waals surface area (Å²) in [6.07, 6.45) is 3.03. The van der Waals surface area contributed by atoms with Crippen LogP contribution in [-0.2, 0) is 6.54 Å².